The highest BCUT2D eigenvalue weighted by molar-refractivity contribution is 5.98. The second kappa shape index (κ2) is 12.0. The molecule has 0 unspecified atom stereocenters. The summed E-state index contributed by atoms with van der Waals surface area (Å²) < 4.78 is 0. The van der Waals surface area contributed by atoms with Crippen molar-refractivity contribution >= 4 is 29.1 Å². The Morgan fingerprint density at radius 2 is 1.48 bits per heavy atom. The Morgan fingerprint density at radius 3 is 2.06 bits per heavy atom. The fourth-order valence-corrected chi connectivity index (χ4v) is 3.31. The highest BCUT2D eigenvalue weighted by Gasteiger charge is 2.16. The fraction of sp³-hybridized carbons (Fsp3) is 0.423. The first-order chi connectivity index (χ1) is 15.6. The number of anilines is 2. The lowest BCUT2D eigenvalue weighted by molar-refractivity contribution is -0.114. The summed E-state index contributed by atoms with van der Waals surface area (Å²) in [6.45, 7) is 11.4. The predicted molar refractivity (Wildman–Crippen MR) is 134 cm³/mol. The van der Waals surface area contributed by atoms with Gasteiger partial charge in [0.25, 0.3) is 11.8 Å². The molecule has 3 N–H and O–H groups in total. The van der Waals surface area contributed by atoms with Crippen molar-refractivity contribution < 1.29 is 14.4 Å². The maximum atomic E-state index is 12.7. The van der Waals surface area contributed by atoms with E-state index in [0.29, 0.717) is 16.8 Å². The lowest BCUT2D eigenvalue weighted by atomic mass is 10.1. The molecular formula is C26H36N4O3. The van der Waals surface area contributed by atoms with Crippen molar-refractivity contribution in [2.75, 3.05) is 30.3 Å². The van der Waals surface area contributed by atoms with Crippen molar-refractivity contribution in [2.24, 2.45) is 0 Å². The summed E-state index contributed by atoms with van der Waals surface area (Å²) >= 11 is 0. The Balaban J connectivity index is 1.92. The van der Waals surface area contributed by atoms with Crippen LogP contribution in [0.5, 0.6) is 0 Å². The summed E-state index contributed by atoms with van der Waals surface area (Å²) in [5, 5.41) is 8.77. The van der Waals surface area contributed by atoms with E-state index >= 15 is 0 Å². The molecule has 0 fully saturated rings. The number of nitrogens with zero attached hydrogens (tertiary/aromatic N) is 1. The van der Waals surface area contributed by atoms with E-state index in [0.717, 1.165) is 31.6 Å². The third kappa shape index (κ3) is 8.60. The van der Waals surface area contributed by atoms with Gasteiger partial charge in [0.15, 0.2) is 0 Å². The van der Waals surface area contributed by atoms with Gasteiger partial charge in [-0.05, 0) is 76.1 Å². The van der Waals surface area contributed by atoms with E-state index in [4.69, 9.17) is 0 Å². The molecule has 0 spiro atoms. The van der Waals surface area contributed by atoms with Crippen LogP contribution in [0.2, 0.25) is 0 Å². The molecular weight excluding hydrogens is 416 g/mol. The molecule has 0 heterocycles. The topological polar surface area (TPSA) is 90.5 Å². The lowest BCUT2D eigenvalue weighted by Crippen LogP contribution is -2.40. The minimum atomic E-state index is -0.343. The Bertz CT molecular complexity index is 943. The van der Waals surface area contributed by atoms with Gasteiger partial charge in [0, 0.05) is 41.1 Å². The molecule has 0 saturated heterocycles. The molecule has 33 heavy (non-hydrogen) atoms. The Hall–Kier alpha value is -3.35. The minimum absolute atomic E-state index is 0.0263. The molecule has 2 aromatic rings. The van der Waals surface area contributed by atoms with Crippen molar-refractivity contribution in [1.82, 2.24) is 10.2 Å². The minimum Gasteiger partial charge on any atom is -0.376 e. The van der Waals surface area contributed by atoms with Crippen LogP contribution in [0.25, 0.3) is 0 Å². The molecule has 0 aromatic heterocycles. The van der Waals surface area contributed by atoms with Gasteiger partial charge in [-0.1, -0.05) is 19.9 Å². The Labute approximate surface area is 196 Å². The van der Waals surface area contributed by atoms with Gasteiger partial charge in [-0.15, -0.1) is 0 Å². The number of rotatable bonds is 10. The molecule has 7 heteroatoms. The van der Waals surface area contributed by atoms with E-state index in [1.54, 1.807) is 48.5 Å². The smallest absolute Gasteiger partial charge is 0.253 e. The predicted octanol–water partition coefficient (Wildman–Crippen LogP) is 4.53. The molecule has 0 saturated carbocycles. The average molecular weight is 453 g/mol. The number of benzene rings is 2. The molecule has 0 aliphatic rings. The first kappa shape index (κ1) is 25.9. The number of amides is 3. The summed E-state index contributed by atoms with van der Waals surface area (Å²) in [5.74, 6) is -0.401. The standard InChI is InChI=1S/C26H36N4O3/c1-6-15-30(16-7-2)25(33)19-11-13-21(14-12-19)27-18-23(31)28-22-10-8-9-20(17-22)24(32)29-26(3,4)5/h8-14,17,27H,6-7,15-16,18H2,1-5H3,(H,28,31)(H,29,32). The number of hydrogen-bond acceptors (Lipinski definition) is 4. The van der Waals surface area contributed by atoms with Crippen LogP contribution >= 0.6 is 0 Å². The fourth-order valence-electron chi connectivity index (χ4n) is 3.31. The zero-order valence-corrected chi connectivity index (χ0v) is 20.3. The number of nitrogens with one attached hydrogen (secondary N) is 3. The molecule has 0 radical (unpaired) electrons. The average Bonchev–Trinajstić information content (AvgIpc) is 2.76. The number of carbonyl (C=O) groups is 3. The zero-order valence-electron chi connectivity index (χ0n) is 20.3. The van der Waals surface area contributed by atoms with Gasteiger partial charge in [-0.2, -0.15) is 0 Å². The summed E-state index contributed by atoms with van der Waals surface area (Å²) in [4.78, 5) is 39.2. The Morgan fingerprint density at radius 1 is 0.848 bits per heavy atom. The molecule has 0 aliphatic heterocycles. The van der Waals surface area contributed by atoms with E-state index in [1.807, 2.05) is 25.7 Å². The second-order valence-corrected chi connectivity index (χ2v) is 9.06. The van der Waals surface area contributed by atoms with E-state index in [1.165, 1.54) is 0 Å². The molecule has 2 rings (SSSR count). The molecule has 7 nitrogen and oxygen atoms in total. The molecule has 3 amide bonds. The maximum Gasteiger partial charge on any atom is 0.253 e. The van der Waals surface area contributed by atoms with Crippen LogP contribution < -0.4 is 16.0 Å². The van der Waals surface area contributed by atoms with E-state index in [9.17, 15) is 14.4 Å². The van der Waals surface area contributed by atoms with Crippen molar-refractivity contribution in [3.8, 4) is 0 Å². The van der Waals surface area contributed by atoms with Gasteiger partial charge in [-0.3, -0.25) is 14.4 Å². The molecule has 0 atom stereocenters. The SMILES string of the molecule is CCCN(CCC)C(=O)c1ccc(NCC(=O)Nc2cccc(C(=O)NC(C)(C)C)c2)cc1. The summed E-state index contributed by atoms with van der Waals surface area (Å²) in [5.41, 5.74) is 2.08. The van der Waals surface area contributed by atoms with Crippen LogP contribution in [-0.2, 0) is 4.79 Å². The highest BCUT2D eigenvalue weighted by atomic mass is 16.2. The van der Waals surface area contributed by atoms with Crippen LogP contribution in [0, 0.1) is 0 Å². The molecule has 2 aromatic carbocycles. The van der Waals surface area contributed by atoms with Crippen molar-refractivity contribution in [1.29, 1.82) is 0 Å². The summed E-state index contributed by atoms with van der Waals surface area (Å²) in [7, 11) is 0. The van der Waals surface area contributed by atoms with Crippen LogP contribution in [-0.4, -0.2) is 47.8 Å². The largest absolute Gasteiger partial charge is 0.376 e. The van der Waals surface area contributed by atoms with E-state index in [2.05, 4.69) is 29.8 Å². The number of carbonyl (C=O) groups excluding carboxylic acids is 3. The molecule has 178 valence electrons. The third-order valence-electron chi connectivity index (χ3n) is 4.76. The van der Waals surface area contributed by atoms with Crippen LogP contribution in [0.15, 0.2) is 48.5 Å². The van der Waals surface area contributed by atoms with E-state index in [-0.39, 0.29) is 29.8 Å². The third-order valence-corrected chi connectivity index (χ3v) is 4.76. The molecule has 0 bridgehead atoms. The maximum absolute atomic E-state index is 12.7. The van der Waals surface area contributed by atoms with Gasteiger partial charge in [-0.25, -0.2) is 0 Å². The number of hydrogen-bond donors (Lipinski definition) is 3. The van der Waals surface area contributed by atoms with Crippen LogP contribution in [0.4, 0.5) is 11.4 Å². The summed E-state index contributed by atoms with van der Waals surface area (Å²) in [6, 6.07) is 14.0. The molecule has 0 aliphatic carbocycles. The van der Waals surface area contributed by atoms with Gasteiger partial charge in [0.05, 0.1) is 6.54 Å². The van der Waals surface area contributed by atoms with E-state index < -0.39 is 0 Å². The van der Waals surface area contributed by atoms with Crippen molar-refractivity contribution in [3.05, 3.63) is 59.7 Å². The van der Waals surface area contributed by atoms with Crippen molar-refractivity contribution in [3.63, 3.8) is 0 Å². The van der Waals surface area contributed by atoms with Crippen LogP contribution in [0.3, 0.4) is 0 Å². The first-order valence-corrected chi connectivity index (χ1v) is 11.5. The summed E-state index contributed by atoms with van der Waals surface area (Å²) in [6.07, 6.45) is 1.84. The monoisotopic (exact) mass is 452 g/mol. The Kier molecular flexibility index (Phi) is 9.45. The zero-order chi connectivity index (χ0) is 24.4. The quantitative estimate of drug-likeness (QED) is 0.494. The first-order valence-electron chi connectivity index (χ1n) is 11.5. The lowest BCUT2D eigenvalue weighted by Gasteiger charge is -2.21. The van der Waals surface area contributed by atoms with Gasteiger partial charge < -0.3 is 20.9 Å². The van der Waals surface area contributed by atoms with Crippen molar-refractivity contribution in [2.45, 2.75) is 53.0 Å². The van der Waals surface area contributed by atoms with Gasteiger partial charge in [0.1, 0.15) is 0 Å². The van der Waals surface area contributed by atoms with Gasteiger partial charge in [0.2, 0.25) is 5.91 Å². The normalized spacial score (nSPS) is 10.9. The van der Waals surface area contributed by atoms with Gasteiger partial charge >= 0.3 is 0 Å². The second-order valence-electron chi connectivity index (χ2n) is 9.06. The van der Waals surface area contributed by atoms with Crippen LogP contribution in [0.1, 0.15) is 68.2 Å². The highest BCUT2D eigenvalue weighted by Crippen LogP contribution is 2.14.